The summed E-state index contributed by atoms with van der Waals surface area (Å²) in [6.45, 7) is 5.09. The SMILES string of the molecule is COCC1(C(=O)OCCCC(C)C)c2ccccc2-c2ccccc21. The van der Waals surface area contributed by atoms with Crippen molar-refractivity contribution in [1.29, 1.82) is 0 Å². The predicted octanol–water partition coefficient (Wildman–Crippen LogP) is 4.58. The average Bonchev–Trinajstić information content (AvgIpc) is 2.91. The highest BCUT2D eigenvalue weighted by Gasteiger charge is 2.50. The van der Waals surface area contributed by atoms with E-state index in [1.165, 1.54) is 0 Å². The van der Waals surface area contributed by atoms with E-state index in [9.17, 15) is 4.79 Å². The molecular weight excluding hydrogens is 312 g/mol. The van der Waals surface area contributed by atoms with Crippen LogP contribution in [0.4, 0.5) is 0 Å². The molecule has 2 aromatic rings. The Hall–Kier alpha value is -2.13. The van der Waals surface area contributed by atoms with Crippen molar-refractivity contribution in [3.8, 4) is 11.1 Å². The molecule has 0 amide bonds. The lowest BCUT2D eigenvalue weighted by atomic mass is 9.79. The van der Waals surface area contributed by atoms with Crippen LogP contribution in [0.1, 0.15) is 37.8 Å². The lowest BCUT2D eigenvalue weighted by Gasteiger charge is -2.29. The number of fused-ring (bicyclic) bond motifs is 3. The number of carbonyl (C=O) groups is 1. The Morgan fingerprint density at radius 1 is 1.00 bits per heavy atom. The molecular formula is C22H26O3. The normalized spacial score (nSPS) is 14.2. The minimum atomic E-state index is -0.875. The number of esters is 1. The monoisotopic (exact) mass is 338 g/mol. The molecule has 0 unspecified atom stereocenters. The van der Waals surface area contributed by atoms with E-state index in [0.29, 0.717) is 12.5 Å². The molecule has 0 N–H and O–H groups in total. The zero-order valence-corrected chi connectivity index (χ0v) is 15.2. The fourth-order valence-corrected chi connectivity index (χ4v) is 3.76. The smallest absolute Gasteiger partial charge is 0.323 e. The average molecular weight is 338 g/mol. The number of hydrogen-bond acceptors (Lipinski definition) is 3. The maximum atomic E-state index is 13.2. The van der Waals surface area contributed by atoms with E-state index >= 15 is 0 Å². The van der Waals surface area contributed by atoms with Gasteiger partial charge >= 0.3 is 5.97 Å². The Morgan fingerprint density at radius 3 is 2.08 bits per heavy atom. The lowest BCUT2D eigenvalue weighted by molar-refractivity contribution is -0.151. The molecule has 3 nitrogen and oxygen atoms in total. The second kappa shape index (κ2) is 7.40. The molecule has 1 aliphatic carbocycles. The summed E-state index contributed by atoms with van der Waals surface area (Å²) >= 11 is 0. The van der Waals surface area contributed by atoms with Gasteiger partial charge in [0.2, 0.25) is 0 Å². The van der Waals surface area contributed by atoms with E-state index in [0.717, 1.165) is 35.1 Å². The largest absolute Gasteiger partial charge is 0.465 e. The van der Waals surface area contributed by atoms with Crippen LogP contribution in [-0.4, -0.2) is 26.3 Å². The molecule has 0 radical (unpaired) electrons. The van der Waals surface area contributed by atoms with Gasteiger partial charge in [0.25, 0.3) is 0 Å². The summed E-state index contributed by atoms with van der Waals surface area (Å²) in [7, 11) is 1.64. The summed E-state index contributed by atoms with van der Waals surface area (Å²) in [6, 6.07) is 16.1. The lowest BCUT2D eigenvalue weighted by Crippen LogP contribution is -2.41. The van der Waals surface area contributed by atoms with Crippen molar-refractivity contribution in [2.45, 2.75) is 32.1 Å². The second-order valence-corrected chi connectivity index (χ2v) is 7.10. The van der Waals surface area contributed by atoms with Crippen LogP contribution in [-0.2, 0) is 19.7 Å². The van der Waals surface area contributed by atoms with Crippen LogP contribution in [0.2, 0.25) is 0 Å². The molecule has 3 rings (SSSR count). The molecule has 0 aromatic heterocycles. The van der Waals surface area contributed by atoms with Crippen molar-refractivity contribution in [2.24, 2.45) is 5.92 Å². The molecule has 0 aliphatic heterocycles. The number of ether oxygens (including phenoxy) is 2. The fourth-order valence-electron chi connectivity index (χ4n) is 3.76. The van der Waals surface area contributed by atoms with Gasteiger partial charge in [0.05, 0.1) is 13.2 Å². The number of carbonyl (C=O) groups excluding carboxylic acids is 1. The molecule has 0 fully saturated rings. The minimum absolute atomic E-state index is 0.212. The van der Waals surface area contributed by atoms with Crippen LogP contribution in [0.15, 0.2) is 48.5 Å². The molecule has 0 saturated carbocycles. The number of rotatable bonds is 7. The first-order valence-electron chi connectivity index (χ1n) is 8.97. The Morgan fingerprint density at radius 2 is 1.56 bits per heavy atom. The Kier molecular flexibility index (Phi) is 5.24. The quantitative estimate of drug-likeness (QED) is 0.547. The first-order chi connectivity index (χ1) is 12.1. The van der Waals surface area contributed by atoms with Gasteiger partial charge in [-0.05, 0) is 41.0 Å². The van der Waals surface area contributed by atoms with Gasteiger partial charge in [-0.25, -0.2) is 0 Å². The summed E-state index contributed by atoms with van der Waals surface area (Å²) in [5.74, 6) is 0.398. The van der Waals surface area contributed by atoms with Gasteiger partial charge in [-0.3, -0.25) is 4.79 Å². The summed E-state index contributed by atoms with van der Waals surface area (Å²) < 4.78 is 11.2. The van der Waals surface area contributed by atoms with Gasteiger partial charge in [0.1, 0.15) is 5.41 Å². The van der Waals surface area contributed by atoms with Crippen LogP contribution < -0.4 is 0 Å². The number of methoxy groups -OCH3 is 1. The van der Waals surface area contributed by atoms with Crippen molar-refractivity contribution in [3.63, 3.8) is 0 Å². The van der Waals surface area contributed by atoms with Gasteiger partial charge in [-0.2, -0.15) is 0 Å². The molecule has 2 aromatic carbocycles. The Balaban J connectivity index is 1.98. The maximum absolute atomic E-state index is 13.2. The summed E-state index contributed by atoms with van der Waals surface area (Å²) in [6.07, 6.45) is 1.94. The first kappa shape index (κ1) is 17.7. The molecule has 0 saturated heterocycles. The predicted molar refractivity (Wildman–Crippen MR) is 99.6 cm³/mol. The van der Waals surface area contributed by atoms with Crippen LogP contribution in [0.25, 0.3) is 11.1 Å². The Labute approximate surface area is 150 Å². The van der Waals surface area contributed by atoms with Gasteiger partial charge in [0, 0.05) is 7.11 Å². The molecule has 0 spiro atoms. The Bertz CT molecular complexity index is 703. The third-order valence-electron chi connectivity index (χ3n) is 4.93. The molecule has 3 heteroatoms. The minimum Gasteiger partial charge on any atom is -0.465 e. The molecule has 1 aliphatic rings. The van der Waals surface area contributed by atoms with Crippen LogP contribution in [0, 0.1) is 5.92 Å². The van der Waals surface area contributed by atoms with Crippen molar-refractivity contribution < 1.29 is 14.3 Å². The van der Waals surface area contributed by atoms with Crippen LogP contribution in [0.5, 0.6) is 0 Å². The maximum Gasteiger partial charge on any atom is 0.323 e. The van der Waals surface area contributed by atoms with E-state index < -0.39 is 5.41 Å². The van der Waals surface area contributed by atoms with Gasteiger partial charge in [0.15, 0.2) is 0 Å². The summed E-state index contributed by atoms with van der Waals surface area (Å²) in [4.78, 5) is 13.2. The highest BCUT2D eigenvalue weighted by molar-refractivity contribution is 5.98. The van der Waals surface area contributed by atoms with Crippen molar-refractivity contribution in [1.82, 2.24) is 0 Å². The first-order valence-corrected chi connectivity index (χ1v) is 8.97. The standard InChI is InChI=1S/C22H26O3/c1-16(2)9-8-14-25-21(23)22(15-24-3)19-12-6-4-10-17(19)18-11-5-7-13-20(18)22/h4-7,10-13,16H,8-9,14-15H2,1-3H3. The topological polar surface area (TPSA) is 35.5 Å². The van der Waals surface area contributed by atoms with E-state index in [-0.39, 0.29) is 12.6 Å². The molecule has 0 atom stereocenters. The molecule has 0 bridgehead atoms. The van der Waals surface area contributed by atoms with Crippen molar-refractivity contribution in [3.05, 3.63) is 59.7 Å². The van der Waals surface area contributed by atoms with E-state index in [1.807, 2.05) is 36.4 Å². The van der Waals surface area contributed by atoms with Crippen molar-refractivity contribution in [2.75, 3.05) is 20.3 Å². The highest BCUT2D eigenvalue weighted by atomic mass is 16.5. The molecule has 25 heavy (non-hydrogen) atoms. The van der Waals surface area contributed by atoms with Gasteiger partial charge in [-0.15, -0.1) is 0 Å². The van der Waals surface area contributed by atoms with Gasteiger partial charge in [-0.1, -0.05) is 62.4 Å². The third-order valence-corrected chi connectivity index (χ3v) is 4.93. The summed E-state index contributed by atoms with van der Waals surface area (Å²) in [5.41, 5.74) is 3.27. The van der Waals surface area contributed by atoms with Crippen LogP contribution in [0.3, 0.4) is 0 Å². The van der Waals surface area contributed by atoms with E-state index in [4.69, 9.17) is 9.47 Å². The van der Waals surface area contributed by atoms with Gasteiger partial charge < -0.3 is 9.47 Å². The number of hydrogen-bond donors (Lipinski definition) is 0. The summed E-state index contributed by atoms with van der Waals surface area (Å²) in [5, 5.41) is 0. The zero-order chi connectivity index (χ0) is 17.9. The zero-order valence-electron chi connectivity index (χ0n) is 15.2. The third kappa shape index (κ3) is 3.09. The van der Waals surface area contributed by atoms with Crippen molar-refractivity contribution >= 4 is 5.97 Å². The number of benzene rings is 2. The molecule has 132 valence electrons. The highest BCUT2D eigenvalue weighted by Crippen LogP contribution is 2.49. The molecule has 0 heterocycles. The van der Waals surface area contributed by atoms with Crippen LogP contribution >= 0.6 is 0 Å². The fraction of sp³-hybridized carbons (Fsp3) is 0.409. The van der Waals surface area contributed by atoms with E-state index in [2.05, 4.69) is 26.0 Å². The van der Waals surface area contributed by atoms with E-state index in [1.54, 1.807) is 7.11 Å². The second-order valence-electron chi connectivity index (χ2n) is 7.10.